The van der Waals surface area contributed by atoms with Gasteiger partial charge in [-0.3, -0.25) is 4.79 Å². The molecule has 2 fully saturated rings. The number of nitrogens with zero attached hydrogens (tertiary/aromatic N) is 2. The molecule has 3 rings (SSSR count). The van der Waals surface area contributed by atoms with E-state index in [-0.39, 0.29) is 17.3 Å². The molecule has 2 aliphatic rings. The number of likely N-dealkylation sites (tertiary alicyclic amines) is 1. The van der Waals surface area contributed by atoms with E-state index in [9.17, 15) is 18.3 Å². The predicted octanol–water partition coefficient (Wildman–Crippen LogP) is 2.24. The smallest absolute Gasteiger partial charge is 0.253 e. The van der Waals surface area contributed by atoms with Gasteiger partial charge in [-0.15, -0.1) is 0 Å². The van der Waals surface area contributed by atoms with Crippen molar-refractivity contribution in [2.45, 2.75) is 55.9 Å². The summed E-state index contributed by atoms with van der Waals surface area (Å²) < 4.78 is 27.1. The van der Waals surface area contributed by atoms with Crippen molar-refractivity contribution in [2.24, 2.45) is 0 Å². The molecule has 2 aliphatic heterocycles. The molecule has 0 unspecified atom stereocenters. The summed E-state index contributed by atoms with van der Waals surface area (Å²) in [6.45, 7) is 1.98. The van der Waals surface area contributed by atoms with Crippen LogP contribution in [0.15, 0.2) is 29.2 Å². The third-order valence-corrected chi connectivity index (χ3v) is 7.08. The fraction of sp³-hybridized carbons (Fsp3) is 0.632. The number of aliphatic hydroxyl groups excluding tert-OH is 1. The molecule has 144 valence electrons. The summed E-state index contributed by atoms with van der Waals surface area (Å²) in [5.41, 5.74) is 0.421. The molecule has 1 atom stereocenters. The van der Waals surface area contributed by atoms with Crippen LogP contribution in [-0.2, 0) is 10.0 Å². The molecule has 0 spiro atoms. The molecule has 0 aliphatic carbocycles. The fourth-order valence-corrected chi connectivity index (χ4v) is 5.27. The van der Waals surface area contributed by atoms with Gasteiger partial charge in [0.2, 0.25) is 10.0 Å². The Morgan fingerprint density at radius 1 is 1.00 bits per heavy atom. The van der Waals surface area contributed by atoms with E-state index in [1.54, 1.807) is 12.1 Å². The maximum Gasteiger partial charge on any atom is 0.253 e. The van der Waals surface area contributed by atoms with E-state index < -0.39 is 16.1 Å². The Labute approximate surface area is 155 Å². The van der Waals surface area contributed by atoms with E-state index in [0.29, 0.717) is 24.9 Å². The molecule has 2 saturated heterocycles. The molecule has 26 heavy (non-hydrogen) atoms. The van der Waals surface area contributed by atoms with Gasteiger partial charge in [-0.25, -0.2) is 8.42 Å². The zero-order chi connectivity index (χ0) is 18.6. The number of piperidine rings is 1. The second-order valence-corrected chi connectivity index (χ2v) is 9.18. The van der Waals surface area contributed by atoms with Crippen LogP contribution in [0.2, 0.25) is 0 Å². The summed E-state index contributed by atoms with van der Waals surface area (Å²) in [6, 6.07) is 6.33. The lowest BCUT2D eigenvalue weighted by atomic mass is 10.1. The van der Waals surface area contributed by atoms with Crippen LogP contribution in [0.25, 0.3) is 0 Å². The number of rotatable bonds is 3. The minimum atomic E-state index is -3.69. The monoisotopic (exact) mass is 380 g/mol. The maximum absolute atomic E-state index is 12.9. The summed E-state index contributed by atoms with van der Waals surface area (Å²) in [5.74, 6) is -0.0948. The van der Waals surface area contributed by atoms with Gasteiger partial charge in [-0.05, 0) is 43.9 Å². The molecule has 0 bridgehead atoms. The molecule has 1 aromatic carbocycles. The number of sulfonamides is 1. The van der Waals surface area contributed by atoms with Gasteiger partial charge in [-0.1, -0.05) is 25.3 Å². The van der Waals surface area contributed by atoms with Crippen LogP contribution in [0.3, 0.4) is 0 Å². The van der Waals surface area contributed by atoms with Crippen molar-refractivity contribution in [3.63, 3.8) is 0 Å². The number of aliphatic hydroxyl groups is 1. The SMILES string of the molecule is O=C(c1cccc(S(=O)(=O)N2CCC[C@H](O)C2)c1)N1CCCCCCC1. The van der Waals surface area contributed by atoms with Crippen LogP contribution in [0.1, 0.15) is 55.3 Å². The number of carbonyl (C=O) groups excluding carboxylic acids is 1. The Balaban J connectivity index is 1.79. The highest BCUT2D eigenvalue weighted by Crippen LogP contribution is 2.22. The molecule has 2 heterocycles. The second-order valence-electron chi connectivity index (χ2n) is 7.25. The van der Waals surface area contributed by atoms with Crippen LogP contribution in [0, 0.1) is 0 Å². The first-order valence-electron chi connectivity index (χ1n) is 9.56. The highest BCUT2D eigenvalue weighted by Gasteiger charge is 2.30. The second kappa shape index (κ2) is 8.50. The summed E-state index contributed by atoms with van der Waals surface area (Å²) in [5, 5.41) is 9.79. The first-order chi connectivity index (χ1) is 12.5. The minimum absolute atomic E-state index is 0.0948. The summed E-state index contributed by atoms with van der Waals surface area (Å²) in [7, 11) is -3.69. The van der Waals surface area contributed by atoms with Gasteiger partial charge in [0.15, 0.2) is 0 Å². The fourth-order valence-electron chi connectivity index (χ4n) is 3.71. The molecule has 6 nitrogen and oxygen atoms in total. The number of hydrogen-bond donors (Lipinski definition) is 1. The topological polar surface area (TPSA) is 77.9 Å². The number of amides is 1. The van der Waals surface area contributed by atoms with Crippen LogP contribution < -0.4 is 0 Å². The first-order valence-corrected chi connectivity index (χ1v) is 11.0. The molecule has 1 N–H and O–H groups in total. The third-order valence-electron chi connectivity index (χ3n) is 5.22. The lowest BCUT2D eigenvalue weighted by molar-refractivity contribution is 0.0742. The molecular weight excluding hydrogens is 352 g/mol. The molecular formula is C19H28N2O4S. The predicted molar refractivity (Wildman–Crippen MR) is 99.4 cm³/mol. The van der Waals surface area contributed by atoms with Crippen molar-refractivity contribution >= 4 is 15.9 Å². The Kier molecular flexibility index (Phi) is 6.32. The van der Waals surface area contributed by atoms with E-state index in [2.05, 4.69) is 0 Å². The highest BCUT2D eigenvalue weighted by molar-refractivity contribution is 7.89. The summed E-state index contributed by atoms with van der Waals surface area (Å²) in [4.78, 5) is 14.8. The van der Waals surface area contributed by atoms with Crippen molar-refractivity contribution in [2.75, 3.05) is 26.2 Å². The third kappa shape index (κ3) is 4.45. The van der Waals surface area contributed by atoms with Gasteiger partial charge in [0.05, 0.1) is 11.0 Å². The van der Waals surface area contributed by atoms with E-state index >= 15 is 0 Å². The standard InChI is InChI=1S/C19H28N2O4S/c22-17-9-7-13-21(15-17)26(24,25)18-10-6-8-16(14-18)19(23)20-11-4-2-1-3-5-12-20/h6,8,10,14,17,22H,1-5,7,9,11-13,15H2/t17-/m0/s1. The van der Waals surface area contributed by atoms with Gasteiger partial charge in [0, 0.05) is 31.7 Å². The van der Waals surface area contributed by atoms with Crippen molar-refractivity contribution in [3.8, 4) is 0 Å². The van der Waals surface area contributed by atoms with Crippen molar-refractivity contribution in [3.05, 3.63) is 29.8 Å². The van der Waals surface area contributed by atoms with E-state index in [1.165, 1.54) is 22.9 Å². The van der Waals surface area contributed by atoms with Gasteiger partial charge in [0.25, 0.3) is 5.91 Å². The average Bonchev–Trinajstić information content (AvgIpc) is 2.61. The van der Waals surface area contributed by atoms with Crippen molar-refractivity contribution in [1.29, 1.82) is 0 Å². The number of β-amino-alcohol motifs (C(OH)–C–C–N with tert-alkyl or cyclic N) is 1. The van der Waals surface area contributed by atoms with E-state index in [0.717, 1.165) is 38.8 Å². The van der Waals surface area contributed by atoms with Crippen LogP contribution in [0.5, 0.6) is 0 Å². The number of benzene rings is 1. The van der Waals surface area contributed by atoms with Gasteiger partial charge in [-0.2, -0.15) is 4.31 Å². The Morgan fingerprint density at radius 2 is 1.69 bits per heavy atom. The van der Waals surface area contributed by atoms with Crippen molar-refractivity contribution in [1.82, 2.24) is 9.21 Å². The van der Waals surface area contributed by atoms with Crippen LogP contribution in [0.4, 0.5) is 0 Å². The molecule has 0 saturated carbocycles. The summed E-state index contributed by atoms with van der Waals surface area (Å²) >= 11 is 0. The lowest BCUT2D eigenvalue weighted by Gasteiger charge is -2.29. The molecule has 1 amide bonds. The first kappa shape index (κ1) is 19.3. The van der Waals surface area contributed by atoms with Gasteiger partial charge in [0.1, 0.15) is 0 Å². The zero-order valence-electron chi connectivity index (χ0n) is 15.1. The zero-order valence-corrected chi connectivity index (χ0v) is 16.0. The minimum Gasteiger partial charge on any atom is -0.392 e. The molecule has 0 aromatic heterocycles. The van der Waals surface area contributed by atoms with Gasteiger partial charge < -0.3 is 10.0 Å². The summed E-state index contributed by atoms with van der Waals surface area (Å²) in [6.07, 6.45) is 6.13. The van der Waals surface area contributed by atoms with Crippen molar-refractivity contribution < 1.29 is 18.3 Å². The van der Waals surface area contributed by atoms with Crippen LogP contribution >= 0.6 is 0 Å². The number of carbonyl (C=O) groups is 1. The lowest BCUT2D eigenvalue weighted by Crippen LogP contribution is -2.42. The normalized spacial score (nSPS) is 23.3. The van der Waals surface area contributed by atoms with E-state index in [1.807, 2.05) is 4.90 Å². The molecule has 0 radical (unpaired) electrons. The quantitative estimate of drug-likeness (QED) is 0.872. The van der Waals surface area contributed by atoms with E-state index in [4.69, 9.17) is 0 Å². The molecule has 1 aromatic rings. The molecule has 7 heteroatoms. The highest BCUT2D eigenvalue weighted by atomic mass is 32.2. The Morgan fingerprint density at radius 3 is 2.38 bits per heavy atom. The number of hydrogen-bond acceptors (Lipinski definition) is 4. The van der Waals surface area contributed by atoms with Gasteiger partial charge >= 0.3 is 0 Å². The largest absolute Gasteiger partial charge is 0.392 e. The van der Waals surface area contributed by atoms with Crippen LogP contribution in [-0.4, -0.2) is 60.9 Å². The average molecular weight is 381 g/mol. The Hall–Kier alpha value is -1.44. The Bertz CT molecular complexity index is 727. The maximum atomic E-state index is 12.9.